The van der Waals surface area contributed by atoms with Crippen LogP contribution in [0.2, 0.25) is 0 Å². The zero-order valence-electron chi connectivity index (χ0n) is 20.7. The van der Waals surface area contributed by atoms with Crippen molar-refractivity contribution in [3.63, 3.8) is 0 Å². The summed E-state index contributed by atoms with van der Waals surface area (Å²) in [6, 6.07) is 9.69. The van der Waals surface area contributed by atoms with E-state index in [0.717, 1.165) is 12.8 Å². The van der Waals surface area contributed by atoms with Gasteiger partial charge in [0.2, 0.25) is 0 Å². The summed E-state index contributed by atoms with van der Waals surface area (Å²) in [7, 11) is 0. The number of carbonyl (C=O) groups excluding carboxylic acids is 2. The Morgan fingerprint density at radius 1 is 1.22 bits per heavy atom. The molecule has 4 unspecified atom stereocenters. The minimum Gasteiger partial charge on any atom is -0.493 e. The number of fused-ring (bicyclic) bond motifs is 3. The Kier molecular flexibility index (Phi) is 10.1. The molecule has 5 rings (SSSR count). The van der Waals surface area contributed by atoms with Crippen LogP contribution in [0.5, 0.6) is 5.75 Å². The highest BCUT2D eigenvalue weighted by Crippen LogP contribution is 2.31. The molecular weight excluding hydrogens is 519 g/mol. The summed E-state index contributed by atoms with van der Waals surface area (Å²) < 4.78 is 11.3. The Morgan fingerprint density at radius 3 is 2.62 bits per heavy atom. The number of carbonyl (C=O) groups is 2. The van der Waals surface area contributed by atoms with E-state index >= 15 is 0 Å². The Bertz CT molecular complexity index is 1090. The molecule has 2 bridgehead atoms. The van der Waals surface area contributed by atoms with Crippen molar-refractivity contribution in [3.05, 3.63) is 58.9 Å². The number of amides is 2. The van der Waals surface area contributed by atoms with Gasteiger partial charge in [-0.3, -0.25) is 9.59 Å². The summed E-state index contributed by atoms with van der Waals surface area (Å²) in [4.78, 5) is 32.3. The van der Waals surface area contributed by atoms with Gasteiger partial charge < -0.3 is 30.1 Å². The monoisotopic (exact) mass is 552 g/mol. The summed E-state index contributed by atoms with van der Waals surface area (Å²) in [5.41, 5.74) is 2.93. The van der Waals surface area contributed by atoms with Crippen molar-refractivity contribution < 1.29 is 24.2 Å². The largest absolute Gasteiger partial charge is 0.493 e. The molecule has 3 N–H and O–H groups in total. The van der Waals surface area contributed by atoms with Crippen LogP contribution in [0.4, 0.5) is 0 Å². The summed E-state index contributed by atoms with van der Waals surface area (Å²) in [5, 5.41) is 16.8. The van der Waals surface area contributed by atoms with Crippen molar-refractivity contribution in [2.45, 2.75) is 57.0 Å². The van der Waals surface area contributed by atoms with E-state index in [1.54, 1.807) is 6.07 Å². The molecular formula is C26H34Cl2N4O5. The standard InChI is InChI=1S/C26H32N4O5.2ClH/c1-2-35-24-10-22(26(33)30-18-7-8-19(30)15-34-14-18)28-12-20(24)25(32)29-13-23(31)21-9-16-5-3-4-6-17(16)11-27-21;;/h3-6,10,12,18-19,21,23,27,31H,2,7-9,11,13-15H2,1H3,(H,29,32);2*1H. The molecule has 0 radical (unpaired) electrons. The minimum absolute atomic E-state index is 0. The van der Waals surface area contributed by atoms with Crippen molar-refractivity contribution in [2.75, 3.05) is 26.4 Å². The summed E-state index contributed by atoms with van der Waals surface area (Å²) in [5.74, 6) is -0.252. The molecule has 1 aromatic heterocycles. The van der Waals surface area contributed by atoms with Crippen LogP contribution in [-0.2, 0) is 17.7 Å². The van der Waals surface area contributed by atoms with E-state index in [0.29, 0.717) is 38.5 Å². The molecule has 37 heavy (non-hydrogen) atoms. The summed E-state index contributed by atoms with van der Waals surface area (Å²) in [6.45, 7) is 4.03. The minimum atomic E-state index is -0.756. The van der Waals surface area contributed by atoms with Gasteiger partial charge in [-0.1, -0.05) is 24.3 Å². The van der Waals surface area contributed by atoms with Crippen molar-refractivity contribution in [1.82, 2.24) is 20.5 Å². The molecule has 3 aliphatic rings. The van der Waals surface area contributed by atoms with Crippen LogP contribution in [0, 0.1) is 0 Å². The van der Waals surface area contributed by atoms with E-state index in [1.165, 1.54) is 17.3 Å². The van der Waals surface area contributed by atoms with E-state index in [1.807, 2.05) is 24.0 Å². The average Bonchev–Trinajstić information content (AvgIpc) is 3.14. The number of ether oxygens (including phenoxy) is 2. The van der Waals surface area contributed by atoms with Gasteiger partial charge in [0, 0.05) is 31.4 Å². The maximum Gasteiger partial charge on any atom is 0.273 e. The first-order valence-corrected chi connectivity index (χ1v) is 12.3. The lowest BCUT2D eigenvalue weighted by atomic mass is 9.93. The molecule has 4 heterocycles. The molecule has 11 heteroatoms. The Labute approximate surface area is 229 Å². The number of rotatable bonds is 7. The van der Waals surface area contributed by atoms with Crippen molar-refractivity contribution in [3.8, 4) is 5.75 Å². The number of aromatic nitrogens is 1. The third kappa shape index (κ3) is 6.18. The van der Waals surface area contributed by atoms with Crippen LogP contribution < -0.4 is 15.4 Å². The first-order valence-electron chi connectivity index (χ1n) is 12.3. The number of benzene rings is 1. The topological polar surface area (TPSA) is 113 Å². The van der Waals surface area contributed by atoms with E-state index in [-0.39, 0.29) is 66.6 Å². The average molecular weight is 553 g/mol. The Morgan fingerprint density at radius 2 is 1.92 bits per heavy atom. The van der Waals surface area contributed by atoms with E-state index in [9.17, 15) is 14.7 Å². The van der Waals surface area contributed by atoms with Gasteiger partial charge in [0.15, 0.2) is 0 Å². The van der Waals surface area contributed by atoms with E-state index < -0.39 is 12.0 Å². The van der Waals surface area contributed by atoms with Crippen LogP contribution in [0.25, 0.3) is 0 Å². The van der Waals surface area contributed by atoms with Gasteiger partial charge in [-0.05, 0) is 37.3 Å². The Balaban J connectivity index is 0.00000190. The molecule has 3 aliphatic heterocycles. The smallest absolute Gasteiger partial charge is 0.273 e. The van der Waals surface area contributed by atoms with Crippen LogP contribution in [0.15, 0.2) is 36.5 Å². The number of hydrogen-bond acceptors (Lipinski definition) is 7. The SMILES string of the molecule is CCOc1cc(C(=O)N2C3CCC2COC3)ncc1C(=O)NCC(O)C1Cc2ccccc2CN1.Cl.Cl. The second-order valence-corrected chi connectivity index (χ2v) is 9.37. The lowest BCUT2D eigenvalue weighted by Gasteiger charge is -2.34. The molecule has 9 nitrogen and oxygen atoms in total. The lowest BCUT2D eigenvalue weighted by Crippen LogP contribution is -2.49. The molecule has 0 saturated carbocycles. The van der Waals surface area contributed by atoms with Gasteiger partial charge in [-0.25, -0.2) is 4.98 Å². The fraction of sp³-hybridized carbons (Fsp3) is 0.500. The van der Waals surface area contributed by atoms with Gasteiger partial charge in [-0.2, -0.15) is 0 Å². The first-order chi connectivity index (χ1) is 17.0. The highest BCUT2D eigenvalue weighted by molar-refractivity contribution is 5.99. The van der Waals surface area contributed by atoms with Crippen LogP contribution in [0.1, 0.15) is 51.7 Å². The van der Waals surface area contributed by atoms with Crippen molar-refractivity contribution in [2.24, 2.45) is 0 Å². The third-order valence-corrected chi connectivity index (χ3v) is 7.15. The molecule has 0 aliphatic carbocycles. The molecule has 2 saturated heterocycles. The van der Waals surface area contributed by atoms with E-state index in [2.05, 4.69) is 27.8 Å². The highest BCUT2D eigenvalue weighted by atomic mass is 35.5. The second kappa shape index (κ2) is 12.9. The number of nitrogens with zero attached hydrogens (tertiary/aromatic N) is 2. The van der Waals surface area contributed by atoms with Gasteiger partial charge in [0.05, 0.1) is 43.6 Å². The first kappa shape index (κ1) is 29.1. The van der Waals surface area contributed by atoms with Crippen molar-refractivity contribution in [1.29, 1.82) is 0 Å². The van der Waals surface area contributed by atoms with Crippen molar-refractivity contribution >= 4 is 36.6 Å². The molecule has 2 fully saturated rings. The molecule has 2 amide bonds. The van der Waals surface area contributed by atoms with Crippen LogP contribution in [0.3, 0.4) is 0 Å². The number of halogens is 2. The summed E-state index contributed by atoms with van der Waals surface area (Å²) in [6.07, 6.45) is 3.18. The molecule has 4 atom stereocenters. The number of nitrogens with one attached hydrogen (secondary N) is 2. The normalized spacial score (nSPS) is 22.6. The zero-order valence-corrected chi connectivity index (χ0v) is 22.4. The maximum absolute atomic E-state index is 13.2. The van der Waals surface area contributed by atoms with Gasteiger partial charge in [-0.15, -0.1) is 24.8 Å². The highest BCUT2D eigenvalue weighted by Gasteiger charge is 2.41. The molecule has 202 valence electrons. The zero-order chi connectivity index (χ0) is 24.4. The van der Waals surface area contributed by atoms with E-state index in [4.69, 9.17) is 9.47 Å². The second-order valence-electron chi connectivity index (χ2n) is 9.37. The summed E-state index contributed by atoms with van der Waals surface area (Å²) >= 11 is 0. The number of hydrogen-bond donors (Lipinski definition) is 3. The number of aliphatic hydroxyl groups is 1. The predicted molar refractivity (Wildman–Crippen MR) is 143 cm³/mol. The lowest BCUT2D eigenvalue weighted by molar-refractivity contribution is -0.00748. The Hall–Kier alpha value is -2.43. The number of pyridine rings is 1. The number of morpholine rings is 1. The molecule has 2 aromatic rings. The van der Waals surface area contributed by atoms with Gasteiger partial charge in [0.25, 0.3) is 11.8 Å². The van der Waals surface area contributed by atoms with Gasteiger partial charge >= 0.3 is 0 Å². The maximum atomic E-state index is 13.2. The van der Waals surface area contributed by atoms with Gasteiger partial charge in [0.1, 0.15) is 11.4 Å². The third-order valence-electron chi connectivity index (χ3n) is 7.15. The fourth-order valence-corrected chi connectivity index (χ4v) is 5.28. The predicted octanol–water partition coefficient (Wildman–Crippen LogP) is 2.13. The molecule has 0 spiro atoms. The fourth-order valence-electron chi connectivity index (χ4n) is 5.28. The quantitative estimate of drug-likeness (QED) is 0.482. The van der Waals surface area contributed by atoms with Crippen LogP contribution >= 0.6 is 24.8 Å². The van der Waals surface area contributed by atoms with Crippen LogP contribution in [-0.4, -0.2) is 77.4 Å². The molecule has 1 aromatic carbocycles. The number of aliphatic hydroxyl groups excluding tert-OH is 1.